The number of hydrogen-bond acceptors (Lipinski definition) is 2. The molecule has 0 heterocycles. The van der Waals surface area contributed by atoms with Crippen LogP contribution in [-0.4, -0.2) is 7.11 Å². The highest BCUT2D eigenvalue weighted by molar-refractivity contribution is 6.30. The molecule has 1 N–H and O–H groups in total. The van der Waals surface area contributed by atoms with Crippen molar-refractivity contribution >= 4 is 17.3 Å². The van der Waals surface area contributed by atoms with Crippen molar-refractivity contribution in [3.05, 3.63) is 58.9 Å². The average molecular weight is 306 g/mol. The van der Waals surface area contributed by atoms with Gasteiger partial charge in [0, 0.05) is 16.8 Å². The molecule has 1 atom stereocenters. The molecule has 0 saturated heterocycles. The van der Waals surface area contributed by atoms with Gasteiger partial charge >= 0.3 is 0 Å². The van der Waals surface area contributed by atoms with Gasteiger partial charge in [0.1, 0.15) is 0 Å². The van der Waals surface area contributed by atoms with E-state index < -0.39 is 0 Å². The highest BCUT2D eigenvalue weighted by Gasteiger charge is 2.32. The van der Waals surface area contributed by atoms with E-state index >= 15 is 0 Å². The van der Waals surface area contributed by atoms with Crippen LogP contribution in [0.4, 0.5) is 10.1 Å². The fourth-order valence-corrected chi connectivity index (χ4v) is 2.63. The average Bonchev–Trinajstić information content (AvgIpc) is 3.31. The number of nitrogens with one attached hydrogen (secondary N) is 1. The lowest BCUT2D eigenvalue weighted by Crippen LogP contribution is -2.13. The van der Waals surface area contributed by atoms with E-state index in [1.165, 1.54) is 31.6 Å². The minimum Gasteiger partial charge on any atom is -0.494 e. The molecule has 0 spiro atoms. The molecule has 3 rings (SSSR count). The third-order valence-corrected chi connectivity index (χ3v) is 4.05. The fourth-order valence-electron chi connectivity index (χ4n) is 2.51. The maximum Gasteiger partial charge on any atom is 0.167 e. The van der Waals surface area contributed by atoms with Gasteiger partial charge in [0.15, 0.2) is 11.6 Å². The standard InChI is InChI=1S/C17H17ClFNO/c1-21-16-9-8-14(10-15(16)19)20-17(11-2-3-11)12-4-6-13(18)7-5-12/h4-11,17,20H,2-3H2,1H3. The molecule has 0 aliphatic heterocycles. The Labute approximate surface area is 128 Å². The summed E-state index contributed by atoms with van der Waals surface area (Å²) >= 11 is 5.94. The largest absolute Gasteiger partial charge is 0.494 e. The Kier molecular flexibility index (Phi) is 4.02. The van der Waals surface area contributed by atoms with Crippen LogP contribution in [0.3, 0.4) is 0 Å². The number of anilines is 1. The molecule has 110 valence electrons. The summed E-state index contributed by atoms with van der Waals surface area (Å²) in [5, 5.41) is 4.16. The van der Waals surface area contributed by atoms with Crippen LogP contribution in [0.15, 0.2) is 42.5 Å². The number of halogens is 2. The van der Waals surface area contributed by atoms with E-state index in [2.05, 4.69) is 5.32 Å². The summed E-state index contributed by atoms with van der Waals surface area (Å²) in [6.45, 7) is 0. The van der Waals surface area contributed by atoms with E-state index in [1.54, 1.807) is 6.07 Å². The second kappa shape index (κ2) is 5.94. The van der Waals surface area contributed by atoms with E-state index in [0.717, 1.165) is 10.7 Å². The zero-order valence-corrected chi connectivity index (χ0v) is 12.5. The highest BCUT2D eigenvalue weighted by Crippen LogP contribution is 2.43. The molecule has 2 nitrogen and oxygen atoms in total. The Morgan fingerprint density at radius 3 is 2.48 bits per heavy atom. The van der Waals surface area contributed by atoms with Crippen LogP contribution in [0.1, 0.15) is 24.4 Å². The minimum absolute atomic E-state index is 0.190. The summed E-state index contributed by atoms with van der Waals surface area (Å²) in [5.74, 6) is 0.500. The van der Waals surface area contributed by atoms with Gasteiger partial charge in [-0.15, -0.1) is 0 Å². The van der Waals surface area contributed by atoms with Crippen LogP contribution < -0.4 is 10.1 Å². The molecule has 2 aromatic carbocycles. The van der Waals surface area contributed by atoms with E-state index in [0.29, 0.717) is 5.92 Å². The molecule has 0 amide bonds. The first-order chi connectivity index (χ1) is 10.2. The number of methoxy groups -OCH3 is 1. The van der Waals surface area contributed by atoms with E-state index in [9.17, 15) is 4.39 Å². The van der Waals surface area contributed by atoms with Crippen molar-refractivity contribution in [1.82, 2.24) is 0 Å². The lowest BCUT2D eigenvalue weighted by Gasteiger charge is -2.20. The minimum atomic E-state index is -0.354. The van der Waals surface area contributed by atoms with Crippen LogP contribution in [0.25, 0.3) is 0 Å². The zero-order chi connectivity index (χ0) is 14.8. The highest BCUT2D eigenvalue weighted by atomic mass is 35.5. The second-order valence-corrected chi connectivity index (χ2v) is 5.80. The predicted molar refractivity (Wildman–Crippen MR) is 83.5 cm³/mol. The lowest BCUT2D eigenvalue weighted by molar-refractivity contribution is 0.386. The van der Waals surface area contributed by atoms with E-state index in [1.807, 2.05) is 30.3 Å². The van der Waals surface area contributed by atoms with Gasteiger partial charge < -0.3 is 10.1 Å². The number of benzene rings is 2. The van der Waals surface area contributed by atoms with Gasteiger partial charge in [0.05, 0.1) is 13.2 Å². The molecular formula is C17H17ClFNO. The molecule has 1 unspecified atom stereocenters. The Morgan fingerprint density at radius 1 is 1.19 bits per heavy atom. The number of rotatable bonds is 5. The molecule has 2 aromatic rings. The first-order valence-electron chi connectivity index (χ1n) is 7.03. The molecule has 1 saturated carbocycles. The molecule has 21 heavy (non-hydrogen) atoms. The Bertz CT molecular complexity index is 625. The molecule has 0 bridgehead atoms. The Balaban J connectivity index is 1.82. The summed E-state index contributed by atoms with van der Waals surface area (Å²) in [6, 6.07) is 13.0. The maximum atomic E-state index is 13.8. The SMILES string of the molecule is COc1ccc(NC(c2ccc(Cl)cc2)C2CC2)cc1F. The summed E-state index contributed by atoms with van der Waals surface area (Å²) in [5.41, 5.74) is 1.94. The first kappa shape index (κ1) is 14.2. The quantitative estimate of drug-likeness (QED) is 0.834. The van der Waals surface area contributed by atoms with Gasteiger partial charge in [-0.2, -0.15) is 0 Å². The lowest BCUT2D eigenvalue weighted by atomic mass is 10.0. The zero-order valence-electron chi connectivity index (χ0n) is 11.8. The molecule has 0 aromatic heterocycles. The van der Waals surface area contributed by atoms with Crippen LogP contribution >= 0.6 is 11.6 Å². The summed E-state index contributed by atoms with van der Waals surface area (Å²) in [4.78, 5) is 0. The Hall–Kier alpha value is -1.74. The third-order valence-electron chi connectivity index (χ3n) is 3.80. The van der Waals surface area contributed by atoms with Crippen LogP contribution in [-0.2, 0) is 0 Å². The number of hydrogen-bond donors (Lipinski definition) is 1. The van der Waals surface area contributed by atoms with E-state index in [4.69, 9.17) is 16.3 Å². The van der Waals surface area contributed by atoms with Crippen LogP contribution in [0.2, 0.25) is 5.02 Å². The van der Waals surface area contributed by atoms with Crippen molar-refractivity contribution in [2.75, 3.05) is 12.4 Å². The van der Waals surface area contributed by atoms with Gasteiger partial charge in [-0.05, 0) is 48.6 Å². The first-order valence-corrected chi connectivity index (χ1v) is 7.40. The van der Waals surface area contributed by atoms with Crippen molar-refractivity contribution in [2.45, 2.75) is 18.9 Å². The second-order valence-electron chi connectivity index (χ2n) is 5.36. The monoisotopic (exact) mass is 305 g/mol. The topological polar surface area (TPSA) is 21.3 Å². The van der Waals surface area contributed by atoms with Gasteiger partial charge in [0.2, 0.25) is 0 Å². The van der Waals surface area contributed by atoms with E-state index in [-0.39, 0.29) is 17.6 Å². The maximum absolute atomic E-state index is 13.8. The molecular weight excluding hydrogens is 289 g/mol. The normalized spacial score (nSPS) is 15.6. The van der Waals surface area contributed by atoms with Gasteiger partial charge in [-0.1, -0.05) is 23.7 Å². The van der Waals surface area contributed by atoms with Crippen molar-refractivity contribution in [1.29, 1.82) is 0 Å². The molecule has 1 aliphatic rings. The molecule has 0 radical (unpaired) electrons. The van der Waals surface area contributed by atoms with Gasteiger partial charge in [-0.3, -0.25) is 0 Å². The summed E-state index contributed by atoms with van der Waals surface area (Å²) in [6.07, 6.45) is 2.39. The predicted octanol–water partition coefficient (Wildman–Crippen LogP) is 5.05. The van der Waals surface area contributed by atoms with Gasteiger partial charge in [0.25, 0.3) is 0 Å². The van der Waals surface area contributed by atoms with Crippen LogP contribution in [0, 0.1) is 11.7 Å². The molecule has 4 heteroatoms. The Morgan fingerprint density at radius 2 is 1.90 bits per heavy atom. The summed E-state index contributed by atoms with van der Waals surface area (Å²) < 4.78 is 18.7. The summed E-state index contributed by atoms with van der Waals surface area (Å²) in [7, 11) is 1.46. The molecule has 1 aliphatic carbocycles. The van der Waals surface area contributed by atoms with Crippen molar-refractivity contribution in [3.8, 4) is 5.75 Å². The third kappa shape index (κ3) is 3.30. The van der Waals surface area contributed by atoms with Gasteiger partial charge in [-0.25, -0.2) is 4.39 Å². The van der Waals surface area contributed by atoms with Crippen molar-refractivity contribution < 1.29 is 9.13 Å². The van der Waals surface area contributed by atoms with Crippen molar-refractivity contribution in [2.24, 2.45) is 5.92 Å². The number of ether oxygens (including phenoxy) is 1. The fraction of sp³-hybridized carbons (Fsp3) is 0.294. The van der Waals surface area contributed by atoms with Crippen LogP contribution in [0.5, 0.6) is 5.75 Å². The van der Waals surface area contributed by atoms with Crippen molar-refractivity contribution in [3.63, 3.8) is 0 Å². The molecule has 1 fully saturated rings. The smallest absolute Gasteiger partial charge is 0.167 e.